The Kier molecular flexibility index (Phi) is 4.55. The van der Waals surface area contributed by atoms with Crippen molar-refractivity contribution in [2.24, 2.45) is 0 Å². The van der Waals surface area contributed by atoms with Crippen molar-refractivity contribution in [2.45, 2.75) is 6.92 Å². The summed E-state index contributed by atoms with van der Waals surface area (Å²) in [6.45, 7) is 1.82. The molecule has 4 rings (SSSR count). The van der Waals surface area contributed by atoms with Crippen LogP contribution in [0.5, 0.6) is 0 Å². The highest BCUT2D eigenvalue weighted by Gasteiger charge is 2.17. The van der Waals surface area contributed by atoms with Gasteiger partial charge in [0.05, 0.1) is 5.69 Å². The van der Waals surface area contributed by atoms with Gasteiger partial charge in [-0.2, -0.15) is 11.3 Å². The third-order valence-corrected chi connectivity index (χ3v) is 5.57. The minimum atomic E-state index is -0.176. The molecule has 0 unspecified atom stereocenters. The monoisotopic (exact) mass is 378 g/mol. The van der Waals surface area contributed by atoms with Crippen LogP contribution < -0.4 is 5.32 Å². The molecule has 0 fully saturated rings. The van der Waals surface area contributed by atoms with Crippen LogP contribution in [0.2, 0.25) is 0 Å². The number of anilines is 1. The van der Waals surface area contributed by atoms with E-state index in [1.165, 1.54) is 11.3 Å². The average molecular weight is 378 g/mol. The Hall–Kier alpha value is -2.90. The molecule has 3 heterocycles. The molecule has 0 saturated heterocycles. The number of amides is 1. The number of hydrogen-bond acceptors (Lipinski definition) is 6. The average Bonchev–Trinajstić information content (AvgIpc) is 3.32. The van der Waals surface area contributed by atoms with Crippen LogP contribution in [0, 0.1) is 6.92 Å². The molecule has 0 radical (unpaired) electrons. The first-order chi connectivity index (χ1) is 12.7. The summed E-state index contributed by atoms with van der Waals surface area (Å²) < 4.78 is 0. The molecule has 4 aromatic rings. The van der Waals surface area contributed by atoms with Crippen molar-refractivity contribution in [1.29, 1.82) is 0 Å². The quantitative estimate of drug-likeness (QED) is 0.549. The SMILES string of the molecule is Cc1nc(-c2ncccn2)sc1C(=O)Nc1cccc(-c2ccsc2)c1. The van der Waals surface area contributed by atoms with Crippen molar-refractivity contribution in [3.63, 3.8) is 0 Å². The number of aromatic nitrogens is 3. The third-order valence-electron chi connectivity index (χ3n) is 3.73. The lowest BCUT2D eigenvalue weighted by atomic mass is 10.1. The number of carbonyl (C=O) groups excluding carboxylic acids is 1. The van der Waals surface area contributed by atoms with Gasteiger partial charge in [-0.3, -0.25) is 4.79 Å². The number of nitrogens with zero attached hydrogens (tertiary/aromatic N) is 3. The second-order valence-electron chi connectivity index (χ2n) is 5.55. The fraction of sp³-hybridized carbons (Fsp3) is 0.0526. The highest BCUT2D eigenvalue weighted by molar-refractivity contribution is 7.17. The molecule has 0 saturated carbocycles. The maximum Gasteiger partial charge on any atom is 0.267 e. The predicted molar refractivity (Wildman–Crippen MR) is 106 cm³/mol. The molecule has 1 N–H and O–H groups in total. The standard InChI is InChI=1S/C19H14N4OS2/c1-12-16(26-19(22-12)17-20-7-3-8-21-17)18(24)23-15-5-2-4-13(10-15)14-6-9-25-11-14/h2-11H,1H3,(H,23,24). The van der Waals surface area contributed by atoms with E-state index in [0.717, 1.165) is 16.8 Å². The molecule has 0 atom stereocenters. The van der Waals surface area contributed by atoms with E-state index in [-0.39, 0.29) is 5.91 Å². The van der Waals surface area contributed by atoms with Gasteiger partial charge < -0.3 is 5.32 Å². The highest BCUT2D eigenvalue weighted by Crippen LogP contribution is 2.28. The Balaban J connectivity index is 1.58. The topological polar surface area (TPSA) is 67.8 Å². The van der Waals surface area contributed by atoms with E-state index in [9.17, 15) is 4.79 Å². The third kappa shape index (κ3) is 3.40. The first kappa shape index (κ1) is 16.6. The van der Waals surface area contributed by atoms with Gasteiger partial charge in [0.2, 0.25) is 0 Å². The summed E-state index contributed by atoms with van der Waals surface area (Å²) >= 11 is 2.94. The van der Waals surface area contributed by atoms with Crippen molar-refractivity contribution in [3.05, 3.63) is 70.1 Å². The Bertz CT molecular complexity index is 1040. The second kappa shape index (κ2) is 7.15. The number of aryl methyl sites for hydroxylation is 1. The lowest BCUT2D eigenvalue weighted by Gasteiger charge is -2.06. The number of thiophene rings is 1. The van der Waals surface area contributed by atoms with Crippen molar-refractivity contribution in [2.75, 3.05) is 5.32 Å². The molecule has 0 spiro atoms. The lowest BCUT2D eigenvalue weighted by Crippen LogP contribution is -2.11. The smallest absolute Gasteiger partial charge is 0.267 e. The van der Waals surface area contributed by atoms with Crippen molar-refractivity contribution in [3.8, 4) is 22.0 Å². The van der Waals surface area contributed by atoms with Gasteiger partial charge in [0.15, 0.2) is 10.8 Å². The maximum atomic E-state index is 12.7. The lowest BCUT2D eigenvalue weighted by molar-refractivity contribution is 0.103. The molecule has 1 aromatic carbocycles. The molecule has 5 nitrogen and oxygen atoms in total. The van der Waals surface area contributed by atoms with E-state index in [1.54, 1.807) is 29.8 Å². The normalized spacial score (nSPS) is 10.7. The molecule has 7 heteroatoms. The fourth-order valence-corrected chi connectivity index (χ4v) is 4.08. The summed E-state index contributed by atoms with van der Waals surface area (Å²) in [6, 6.07) is 11.6. The van der Waals surface area contributed by atoms with Crippen LogP contribution in [0.25, 0.3) is 22.0 Å². The fourth-order valence-electron chi connectivity index (χ4n) is 2.51. The Morgan fingerprint density at radius 3 is 2.69 bits per heavy atom. The number of benzene rings is 1. The van der Waals surface area contributed by atoms with Gasteiger partial charge in [0, 0.05) is 18.1 Å². The van der Waals surface area contributed by atoms with Gasteiger partial charge >= 0.3 is 0 Å². The number of thiazole rings is 1. The number of rotatable bonds is 4. The molecular formula is C19H14N4OS2. The van der Waals surface area contributed by atoms with Crippen LogP contribution >= 0.6 is 22.7 Å². The van der Waals surface area contributed by atoms with Crippen LogP contribution in [-0.2, 0) is 0 Å². The van der Waals surface area contributed by atoms with Gasteiger partial charge in [-0.1, -0.05) is 12.1 Å². The molecule has 128 valence electrons. The van der Waals surface area contributed by atoms with Gasteiger partial charge in [0.25, 0.3) is 5.91 Å². The molecule has 0 aliphatic rings. The summed E-state index contributed by atoms with van der Waals surface area (Å²) in [4.78, 5) is 26.1. The van der Waals surface area contributed by atoms with Crippen molar-refractivity contribution in [1.82, 2.24) is 15.0 Å². The summed E-state index contributed by atoms with van der Waals surface area (Å²) in [5.74, 6) is 0.351. The summed E-state index contributed by atoms with van der Waals surface area (Å²) in [6.07, 6.45) is 3.32. The first-order valence-electron chi connectivity index (χ1n) is 7.89. The molecule has 26 heavy (non-hydrogen) atoms. The summed E-state index contributed by atoms with van der Waals surface area (Å²) in [7, 11) is 0. The second-order valence-corrected chi connectivity index (χ2v) is 7.33. The number of hydrogen-bond donors (Lipinski definition) is 1. The zero-order chi connectivity index (χ0) is 17.9. The van der Waals surface area contributed by atoms with Gasteiger partial charge in [-0.05, 0) is 53.1 Å². The zero-order valence-electron chi connectivity index (χ0n) is 13.8. The minimum absolute atomic E-state index is 0.176. The van der Waals surface area contributed by atoms with E-state index in [4.69, 9.17) is 0 Å². The molecule has 0 aliphatic heterocycles. The zero-order valence-corrected chi connectivity index (χ0v) is 15.5. The maximum absolute atomic E-state index is 12.7. The van der Waals surface area contributed by atoms with E-state index >= 15 is 0 Å². The summed E-state index contributed by atoms with van der Waals surface area (Å²) in [5, 5.41) is 7.72. The Labute approximate surface area is 158 Å². The first-order valence-corrected chi connectivity index (χ1v) is 9.65. The van der Waals surface area contributed by atoms with Gasteiger partial charge in [-0.15, -0.1) is 11.3 Å². The molecule has 0 bridgehead atoms. The van der Waals surface area contributed by atoms with Crippen molar-refractivity contribution < 1.29 is 4.79 Å². The van der Waals surface area contributed by atoms with E-state index in [0.29, 0.717) is 21.4 Å². The molecule has 3 aromatic heterocycles. The predicted octanol–water partition coefficient (Wildman–Crippen LogP) is 4.89. The number of carbonyl (C=O) groups is 1. The van der Waals surface area contributed by atoms with Crippen LogP contribution in [0.1, 0.15) is 15.4 Å². The van der Waals surface area contributed by atoms with Gasteiger partial charge in [-0.25, -0.2) is 15.0 Å². The minimum Gasteiger partial charge on any atom is -0.321 e. The van der Waals surface area contributed by atoms with E-state index in [2.05, 4.69) is 31.7 Å². The molecule has 1 amide bonds. The summed E-state index contributed by atoms with van der Waals surface area (Å²) in [5.41, 5.74) is 3.64. The highest BCUT2D eigenvalue weighted by atomic mass is 32.1. The van der Waals surface area contributed by atoms with Crippen LogP contribution in [0.3, 0.4) is 0 Å². The molecular weight excluding hydrogens is 364 g/mol. The largest absolute Gasteiger partial charge is 0.321 e. The van der Waals surface area contributed by atoms with E-state index in [1.807, 2.05) is 36.6 Å². The van der Waals surface area contributed by atoms with Crippen LogP contribution in [0.4, 0.5) is 5.69 Å². The van der Waals surface area contributed by atoms with E-state index < -0.39 is 0 Å². The van der Waals surface area contributed by atoms with Crippen LogP contribution in [-0.4, -0.2) is 20.9 Å². The van der Waals surface area contributed by atoms with Crippen molar-refractivity contribution >= 4 is 34.3 Å². The Morgan fingerprint density at radius 1 is 1.08 bits per heavy atom. The Morgan fingerprint density at radius 2 is 1.92 bits per heavy atom. The van der Waals surface area contributed by atoms with Gasteiger partial charge in [0.1, 0.15) is 4.88 Å². The molecule has 0 aliphatic carbocycles. The number of nitrogens with one attached hydrogen (secondary N) is 1. The van der Waals surface area contributed by atoms with Crippen LogP contribution in [0.15, 0.2) is 59.6 Å².